The lowest BCUT2D eigenvalue weighted by atomic mass is 9.77. The molecule has 6 aromatic rings. The molecule has 5 aromatic carbocycles. The average Bonchev–Trinajstić information content (AvgIpc) is 3.61. The van der Waals surface area contributed by atoms with E-state index in [1.807, 2.05) is 11.3 Å². The number of nitrogens with one attached hydrogen (secondary N) is 2. The van der Waals surface area contributed by atoms with Crippen LogP contribution >= 0.6 is 11.3 Å². The molecule has 1 aromatic heterocycles. The number of allylic oxidation sites excluding steroid dienone is 2. The van der Waals surface area contributed by atoms with Crippen molar-refractivity contribution in [2.24, 2.45) is 4.99 Å². The Kier molecular flexibility index (Phi) is 6.05. The molecule has 4 unspecified atom stereocenters. The zero-order valence-corrected chi connectivity index (χ0v) is 25.7. The first-order chi connectivity index (χ1) is 22.2. The molecule has 0 amide bonds. The number of guanidine groups is 1. The van der Waals surface area contributed by atoms with Gasteiger partial charge >= 0.3 is 0 Å². The van der Waals surface area contributed by atoms with E-state index in [-0.39, 0.29) is 23.8 Å². The molecule has 1 aliphatic carbocycles. The van der Waals surface area contributed by atoms with Gasteiger partial charge in [-0.3, -0.25) is 5.32 Å². The van der Waals surface area contributed by atoms with E-state index < -0.39 is 0 Å². The van der Waals surface area contributed by atoms with Crippen LogP contribution in [-0.2, 0) is 0 Å². The van der Waals surface area contributed by atoms with Gasteiger partial charge in [-0.1, -0.05) is 133 Å². The normalized spacial score (nSPS) is 23.8. The number of hydrogen-bond donors (Lipinski definition) is 2. The summed E-state index contributed by atoms with van der Waals surface area (Å²) in [6.45, 7) is 2.37. The van der Waals surface area contributed by atoms with Crippen molar-refractivity contribution >= 4 is 48.7 Å². The quantitative estimate of drug-likeness (QED) is 0.213. The Morgan fingerprint density at radius 2 is 1.44 bits per heavy atom. The zero-order chi connectivity index (χ0) is 30.0. The topological polar surface area (TPSA) is 39.7 Å². The van der Waals surface area contributed by atoms with Crippen LogP contribution in [0.4, 0.5) is 5.69 Å². The zero-order valence-electron chi connectivity index (χ0n) is 24.9. The van der Waals surface area contributed by atoms with Crippen LogP contribution in [0.5, 0.6) is 0 Å². The van der Waals surface area contributed by atoms with E-state index in [1.165, 1.54) is 48.1 Å². The summed E-state index contributed by atoms with van der Waals surface area (Å²) in [5, 5.41) is 10.2. The van der Waals surface area contributed by atoms with Gasteiger partial charge in [0.05, 0.1) is 5.54 Å². The summed E-state index contributed by atoms with van der Waals surface area (Å²) in [6.07, 6.45) is 6.93. The molecule has 4 nitrogen and oxygen atoms in total. The van der Waals surface area contributed by atoms with E-state index in [4.69, 9.17) is 4.99 Å². The van der Waals surface area contributed by atoms with Gasteiger partial charge in [0.25, 0.3) is 0 Å². The first kappa shape index (κ1) is 26.4. The van der Waals surface area contributed by atoms with E-state index in [0.29, 0.717) is 0 Å². The molecule has 0 saturated heterocycles. The highest BCUT2D eigenvalue weighted by Gasteiger charge is 2.50. The standard InChI is InChI=1S/C40H32N4S/c1-40-25-28(29-19-12-20-31-30-17-9-11-22-35(30)45-36(29)31)23-24-33(40)32-18-8-10-21-34(32)44(40)39-42-37(26-13-4-2-5-14-26)41-38(43-39)27-15-6-3-7-16-27/h2-25,33,37-38,41H,1H3,(H,42,43). The molecule has 0 saturated carbocycles. The second-order valence-corrected chi connectivity index (χ2v) is 13.3. The van der Waals surface area contributed by atoms with E-state index in [9.17, 15) is 0 Å². The highest BCUT2D eigenvalue weighted by Crippen LogP contribution is 2.53. The fraction of sp³-hybridized carbons (Fsp3) is 0.125. The summed E-state index contributed by atoms with van der Waals surface area (Å²) in [5.41, 5.74) is 6.99. The van der Waals surface area contributed by atoms with Gasteiger partial charge in [0.2, 0.25) is 5.96 Å². The van der Waals surface area contributed by atoms with Crippen molar-refractivity contribution in [3.63, 3.8) is 0 Å². The highest BCUT2D eigenvalue weighted by atomic mass is 32.1. The number of para-hydroxylation sites is 1. The maximum Gasteiger partial charge on any atom is 0.202 e. The third kappa shape index (κ3) is 4.19. The van der Waals surface area contributed by atoms with Gasteiger partial charge in [0.15, 0.2) is 0 Å². The molecule has 3 aliphatic rings. The fourth-order valence-corrected chi connectivity index (χ4v) is 8.68. The lowest BCUT2D eigenvalue weighted by Gasteiger charge is -2.43. The second-order valence-electron chi connectivity index (χ2n) is 12.3. The third-order valence-corrected chi connectivity index (χ3v) is 10.8. The van der Waals surface area contributed by atoms with E-state index in [0.717, 1.165) is 11.5 Å². The molecule has 4 atom stereocenters. The number of nitrogens with zero attached hydrogens (tertiary/aromatic N) is 2. The minimum Gasteiger partial charge on any atom is -0.336 e. The van der Waals surface area contributed by atoms with Crippen molar-refractivity contribution in [3.8, 4) is 0 Å². The molecule has 9 rings (SSSR count). The predicted octanol–water partition coefficient (Wildman–Crippen LogP) is 9.32. The molecule has 5 heteroatoms. The Morgan fingerprint density at radius 3 is 2.29 bits per heavy atom. The van der Waals surface area contributed by atoms with Crippen molar-refractivity contribution in [3.05, 3.63) is 168 Å². The first-order valence-corrected chi connectivity index (χ1v) is 16.4. The van der Waals surface area contributed by atoms with Gasteiger partial charge in [0, 0.05) is 31.8 Å². The largest absolute Gasteiger partial charge is 0.336 e. The van der Waals surface area contributed by atoms with Gasteiger partial charge in [-0.15, -0.1) is 11.3 Å². The van der Waals surface area contributed by atoms with Crippen LogP contribution in [0.3, 0.4) is 0 Å². The number of hydrogen-bond acceptors (Lipinski definition) is 5. The molecule has 218 valence electrons. The third-order valence-electron chi connectivity index (χ3n) is 9.56. The Balaban J connectivity index is 1.21. The fourth-order valence-electron chi connectivity index (χ4n) is 7.45. The van der Waals surface area contributed by atoms with Gasteiger partial charge in [-0.2, -0.15) is 0 Å². The maximum atomic E-state index is 5.39. The maximum absolute atomic E-state index is 5.39. The summed E-state index contributed by atoms with van der Waals surface area (Å²) in [5.74, 6) is 1.06. The van der Waals surface area contributed by atoms with Crippen LogP contribution in [0.2, 0.25) is 0 Å². The first-order valence-electron chi connectivity index (χ1n) is 15.6. The van der Waals surface area contributed by atoms with Crippen LogP contribution in [0.1, 0.15) is 47.4 Å². The molecule has 0 spiro atoms. The lowest BCUT2D eigenvalue weighted by molar-refractivity contribution is 0.398. The van der Waals surface area contributed by atoms with Crippen LogP contribution in [0.25, 0.3) is 25.7 Å². The van der Waals surface area contributed by atoms with Gasteiger partial charge in [0.1, 0.15) is 12.3 Å². The lowest BCUT2D eigenvalue weighted by Crippen LogP contribution is -2.58. The Hall–Kier alpha value is -4.97. The summed E-state index contributed by atoms with van der Waals surface area (Å²) >= 11 is 1.89. The molecular weight excluding hydrogens is 569 g/mol. The molecular formula is C40H32N4S. The Bertz CT molecular complexity index is 2160. The Morgan fingerprint density at radius 1 is 0.733 bits per heavy atom. The summed E-state index contributed by atoms with van der Waals surface area (Å²) in [7, 11) is 0. The number of aliphatic imine (C=N–C) groups is 1. The van der Waals surface area contributed by atoms with Gasteiger partial charge < -0.3 is 10.2 Å². The predicted molar refractivity (Wildman–Crippen MR) is 189 cm³/mol. The number of rotatable bonds is 3. The smallest absolute Gasteiger partial charge is 0.202 e. The van der Waals surface area contributed by atoms with Gasteiger partial charge in [-0.25, -0.2) is 4.99 Å². The monoisotopic (exact) mass is 600 g/mol. The van der Waals surface area contributed by atoms with Crippen molar-refractivity contribution < 1.29 is 0 Å². The molecule has 3 heterocycles. The number of thiophene rings is 1. The molecule has 2 aliphatic heterocycles. The van der Waals surface area contributed by atoms with Crippen molar-refractivity contribution in [1.29, 1.82) is 0 Å². The van der Waals surface area contributed by atoms with E-state index >= 15 is 0 Å². The number of anilines is 1. The van der Waals surface area contributed by atoms with Crippen molar-refractivity contribution in [2.45, 2.75) is 30.7 Å². The molecule has 2 N–H and O–H groups in total. The number of fused-ring (bicyclic) bond motifs is 6. The average molecular weight is 601 g/mol. The number of benzene rings is 5. The summed E-state index contributed by atoms with van der Waals surface area (Å²) in [6, 6.07) is 45.4. The van der Waals surface area contributed by atoms with Crippen LogP contribution < -0.4 is 15.5 Å². The second kappa shape index (κ2) is 10.3. The van der Waals surface area contributed by atoms with E-state index in [1.54, 1.807) is 0 Å². The van der Waals surface area contributed by atoms with E-state index in [2.05, 4.69) is 168 Å². The van der Waals surface area contributed by atoms with Crippen LogP contribution in [0, 0.1) is 0 Å². The molecule has 0 radical (unpaired) electrons. The summed E-state index contributed by atoms with van der Waals surface area (Å²) < 4.78 is 2.66. The molecule has 45 heavy (non-hydrogen) atoms. The minimum atomic E-state index is -0.377. The van der Waals surface area contributed by atoms with Crippen LogP contribution in [0.15, 0.2) is 151 Å². The minimum absolute atomic E-state index is 0.103. The SMILES string of the molecule is CC12C=C(c3cccc4c3sc3ccccc34)C=CC1c1ccccc1N2C1=NC(c2ccccc2)NC(c2ccccc2)N1. The molecule has 0 bridgehead atoms. The van der Waals surface area contributed by atoms with Gasteiger partial charge in [-0.05, 0) is 46.9 Å². The summed E-state index contributed by atoms with van der Waals surface area (Å²) in [4.78, 5) is 7.84. The van der Waals surface area contributed by atoms with Crippen molar-refractivity contribution in [1.82, 2.24) is 10.6 Å². The molecule has 0 fully saturated rings. The highest BCUT2D eigenvalue weighted by molar-refractivity contribution is 7.26. The van der Waals surface area contributed by atoms with Crippen LogP contribution in [-0.4, -0.2) is 11.5 Å². The Labute approximate surface area is 267 Å². The van der Waals surface area contributed by atoms with Crippen molar-refractivity contribution in [2.75, 3.05) is 4.90 Å².